The van der Waals surface area contributed by atoms with Gasteiger partial charge in [-0.05, 0) is 38.0 Å². The summed E-state index contributed by atoms with van der Waals surface area (Å²) in [6.07, 6.45) is 3.72. The molecule has 1 unspecified atom stereocenters. The third-order valence-corrected chi connectivity index (χ3v) is 2.26. The topological polar surface area (TPSA) is 26.0 Å². The number of hydrogen-bond donors (Lipinski definition) is 1. The summed E-state index contributed by atoms with van der Waals surface area (Å²) in [5, 5.41) is 0. The van der Waals surface area contributed by atoms with Crippen molar-refractivity contribution in [3.8, 4) is 0 Å². The molecular weight excluding hydrogens is 158 g/mol. The molecule has 0 spiro atoms. The van der Waals surface area contributed by atoms with E-state index >= 15 is 0 Å². The summed E-state index contributed by atoms with van der Waals surface area (Å²) in [4.78, 5) is 0. The summed E-state index contributed by atoms with van der Waals surface area (Å²) in [5.41, 5.74) is 6.44. The normalized spacial score (nSPS) is 15.9. The summed E-state index contributed by atoms with van der Waals surface area (Å²) in [6.45, 7) is 13.4. The van der Waals surface area contributed by atoms with Crippen molar-refractivity contribution in [2.24, 2.45) is 17.1 Å². The van der Waals surface area contributed by atoms with Crippen molar-refractivity contribution in [1.29, 1.82) is 0 Å². The molecule has 1 nitrogen and oxygen atoms in total. The largest absolute Gasteiger partial charge is 0.326 e. The lowest BCUT2D eigenvalue weighted by molar-refractivity contribution is 0.294. The van der Waals surface area contributed by atoms with Crippen LogP contribution in [-0.4, -0.2) is 5.54 Å². The highest BCUT2D eigenvalue weighted by atomic mass is 14.7. The van der Waals surface area contributed by atoms with Crippen LogP contribution in [0.15, 0.2) is 0 Å². The highest BCUT2D eigenvalue weighted by Gasteiger charge is 2.18. The third kappa shape index (κ3) is 9.88. The lowest BCUT2D eigenvalue weighted by atomic mass is 9.83. The molecule has 80 valence electrons. The molecule has 0 aliphatic rings. The van der Waals surface area contributed by atoms with Gasteiger partial charge in [0, 0.05) is 5.54 Å². The SMILES string of the molecule is CC(CCC(C)(C)C)CC(C)(C)N. The lowest BCUT2D eigenvalue weighted by Gasteiger charge is -2.26. The van der Waals surface area contributed by atoms with E-state index in [4.69, 9.17) is 5.73 Å². The van der Waals surface area contributed by atoms with E-state index in [1.54, 1.807) is 0 Å². The van der Waals surface area contributed by atoms with E-state index in [1.165, 1.54) is 12.8 Å². The zero-order chi connectivity index (χ0) is 10.7. The predicted molar refractivity (Wildman–Crippen MR) is 60.7 cm³/mol. The molecule has 1 heteroatoms. The Bertz CT molecular complexity index is 136. The van der Waals surface area contributed by atoms with Crippen molar-refractivity contribution < 1.29 is 0 Å². The van der Waals surface area contributed by atoms with Crippen LogP contribution in [0, 0.1) is 11.3 Å². The molecule has 0 aliphatic heterocycles. The van der Waals surface area contributed by atoms with Crippen molar-refractivity contribution in [1.82, 2.24) is 0 Å². The van der Waals surface area contributed by atoms with E-state index in [1.807, 2.05) is 0 Å². The molecule has 0 rings (SSSR count). The van der Waals surface area contributed by atoms with E-state index in [-0.39, 0.29) is 5.54 Å². The second kappa shape index (κ2) is 4.45. The zero-order valence-corrected chi connectivity index (χ0v) is 10.3. The van der Waals surface area contributed by atoms with Crippen molar-refractivity contribution >= 4 is 0 Å². The first-order valence-corrected chi connectivity index (χ1v) is 5.39. The monoisotopic (exact) mass is 185 g/mol. The van der Waals surface area contributed by atoms with Gasteiger partial charge in [0.25, 0.3) is 0 Å². The summed E-state index contributed by atoms with van der Waals surface area (Å²) in [5.74, 6) is 0.749. The van der Waals surface area contributed by atoms with Crippen LogP contribution in [0.3, 0.4) is 0 Å². The maximum Gasteiger partial charge on any atom is 0.00995 e. The molecule has 2 N–H and O–H groups in total. The van der Waals surface area contributed by atoms with Gasteiger partial charge in [-0.25, -0.2) is 0 Å². The highest BCUT2D eigenvalue weighted by molar-refractivity contribution is 4.75. The maximum atomic E-state index is 5.98. The molecule has 0 aromatic carbocycles. The molecule has 0 saturated heterocycles. The Morgan fingerprint density at radius 2 is 1.54 bits per heavy atom. The molecule has 13 heavy (non-hydrogen) atoms. The Morgan fingerprint density at radius 1 is 1.08 bits per heavy atom. The van der Waals surface area contributed by atoms with Gasteiger partial charge in [0.1, 0.15) is 0 Å². The fourth-order valence-corrected chi connectivity index (χ4v) is 1.68. The van der Waals surface area contributed by atoms with Gasteiger partial charge in [0.05, 0.1) is 0 Å². The first kappa shape index (κ1) is 13.0. The molecule has 1 atom stereocenters. The standard InChI is InChI=1S/C12H27N/c1-10(9-12(5,6)13)7-8-11(2,3)4/h10H,7-9,13H2,1-6H3. The van der Waals surface area contributed by atoms with Crippen molar-refractivity contribution in [3.63, 3.8) is 0 Å². The van der Waals surface area contributed by atoms with Gasteiger partial charge in [-0.15, -0.1) is 0 Å². The Balaban J connectivity index is 3.70. The maximum absolute atomic E-state index is 5.98. The van der Waals surface area contributed by atoms with Gasteiger partial charge in [0.15, 0.2) is 0 Å². The van der Waals surface area contributed by atoms with Crippen molar-refractivity contribution in [2.75, 3.05) is 0 Å². The van der Waals surface area contributed by atoms with Crippen molar-refractivity contribution in [2.45, 2.75) is 66.3 Å². The number of nitrogens with two attached hydrogens (primary N) is 1. The van der Waals surface area contributed by atoms with Crippen LogP contribution in [0.1, 0.15) is 60.8 Å². The second-order valence-electron chi connectivity index (χ2n) is 6.40. The molecule has 0 bridgehead atoms. The Labute approximate surface area is 84.1 Å². The first-order valence-electron chi connectivity index (χ1n) is 5.39. The predicted octanol–water partition coefficient (Wildman–Crippen LogP) is 3.58. The van der Waals surface area contributed by atoms with Crippen LogP contribution in [-0.2, 0) is 0 Å². The van der Waals surface area contributed by atoms with Gasteiger partial charge < -0.3 is 5.73 Å². The molecule has 0 saturated carbocycles. The quantitative estimate of drug-likeness (QED) is 0.712. The van der Waals surface area contributed by atoms with E-state index in [2.05, 4.69) is 41.5 Å². The fraction of sp³-hybridized carbons (Fsp3) is 1.00. The minimum Gasteiger partial charge on any atom is -0.326 e. The highest BCUT2D eigenvalue weighted by Crippen LogP contribution is 2.26. The molecule has 0 radical (unpaired) electrons. The first-order chi connectivity index (χ1) is 5.60. The summed E-state index contributed by atoms with van der Waals surface area (Å²) < 4.78 is 0. The summed E-state index contributed by atoms with van der Waals surface area (Å²) >= 11 is 0. The van der Waals surface area contributed by atoms with Crippen molar-refractivity contribution in [3.05, 3.63) is 0 Å². The summed E-state index contributed by atoms with van der Waals surface area (Å²) in [7, 11) is 0. The van der Waals surface area contributed by atoms with Crippen LogP contribution in [0.25, 0.3) is 0 Å². The number of hydrogen-bond acceptors (Lipinski definition) is 1. The van der Waals surface area contributed by atoms with Crippen LogP contribution in [0.2, 0.25) is 0 Å². The van der Waals surface area contributed by atoms with E-state index < -0.39 is 0 Å². The van der Waals surface area contributed by atoms with E-state index in [9.17, 15) is 0 Å². The van der Waals surface area contributed by atoms with Gasteiger partial charge in [-0.2, -0.15) is 0 Å². The second-order valence-corrected chi connectivity index (χ2v) is 6.40. The average molecular weight is 185 g/mol. The Kier molecular flexibility index (Phi) is 4.44. The van der Waals surface area contributed by atoms with Gasteiger partial charge in [0.2, 0.25) is 0 Å². The Hall–Kier alpha value is -0.0400. The molecule has 0 aromatic heterocycles. The minimum atomic E-state index is -0.00268. The molecule has 0 fully saturated rings. The van der Waals surface area contributed by atoms with Gasteiger partial charge in [-0.1, -0.05) is 34.1 Å². The van der Waals surface area contributed by atoms with E-state index in [0.717, 1.165) is 12.3 Å². The van der Waals surface area contributed by atoms with Gasteiger partial charge in [-0.3, -0.25) is 0 Å². The zero-order valence-electron chi connectivity index (χ0n) is 10.3. The smallest absolute Gasteiger partial charge is 0.00995 e. The molecule has 0 aromatic rings. The molecule has 0 heterocycles. The number of rotatable bonds is 4. The molecule has 0 amide bonds. The fourth-order valence-electron chi connectivity index (χ4n) is 1.68. The molecule has 0 aliphatic carbocycles. The van der Waals surface area contributed by atoms with Crippen LogP contribution < -0.4 is 5.73 Å². The lowest BCUT2D eigenvalue weighted by Crippen LogP contribution is -2.34. The summed E-state index contributed by atoms with van der Waals surface area (Å²) in [6, 6.07) is 0. The van der Waals surface area contributed by atoms with Crippen LogP contribution in [0.4, 0.5) is 0 Å². The molecular formula is C12H27N. The van der Waals surface area contributed by atoms with E-state index in [0.29, 0.717) is 5.41 Å². The Morgan fingerprint density at radius 3 is 1.85 bits per heavy atom. The van der Waals surface area contributed by atoms with Gasteiger partial charge >= 0.3 is 0 Å². The van der Waals surface area contributed by atoms with Crippen LogP contribution >= 0.6 is 0 Å². The minimum absolute atomic E-state index is 0.00268. The third-order valence-electron chi connectivity index (χ3n) is 2.26. The van der Waals surface area contributed by atoms with Crippen LogP contribution in [0.5, 0.6) is 0 Å². The average Bonchev–Trinajstić information content (AvgIpc) is 1.78.